The van der Waals surface area contributed by atoms with Gasteiger partial charge in [-0.25, -0.2) is 0 Å². The summed E-state index contributed by atoms with van der Waals surface area (Å²) in [6.45, 7) is -0.180. The topological polar surface area (TPSA) is 33.1 Å². The van der Waals surface area contributed by atoms with Crippen LogP contribution in [0.5, 0.6) is 0 Å². The van der Waals surface area contributed by atoms with Crippen molar-refractivity contribution >= 4 is 46.4 Å². The van der Waals surface area contributed by atoms with E-state index in [9.17, 15) is 5.11 Å². The molecule has 18 heavy (non-hydrogen) atoms. The second-order valence-corrected chi connectivity index (χ2v) is 5.14. The third kappa shape index (κ3) is 2.58. The highest BCUT2D eigenvalue weighted by Gasteiger charge is 2.15. The van der Waals surface area contributed by atoms with E-state index in [0.29, 0.717) is 36.9 Å². The Kier molecular flexibility index (Phi) is 4.36. The lowest BCUT2D eigenvalue weighted by Crippen LogP contribution is -1.92. The summed E-state index contributed by atoms with van der Waals surface area (Å²) in [6, 6.07) is 4.80. The summed E-state index contributed by atoms with van der Waals surface area (Å²) in [4.78, 5) is 4.16. The van der Waals surface area contributed by atoms with Crippen LogP contribution in [0.3, 0.4) is 0 Å². The molecule has 0 atom stereocenters. The molecule has 0 saturated heterocycles. The number of hydrogen-bond donors (Lipinski definition) is 1. The first kappa shape index (κ1) is 13.9. The molecule has 1 heterocycles. The van der Waals surface area contributed by atoms with Crippen LogP contribution in [0, 0.1) is 0 Å². The van der Waals surface area contributed by atoms with Gasteiger partial charge < -0.3 is 5.11 Å². The molecule has 94 valence electrons. The average molecular weight is 323 g/mol. The predicted octanol–water partition coefficient (Wildman–Crippen LogP) is 4.85. The second kappa shape index (κ2) is 5.64. The third-order valence-electron chi connectivity index (χ3n) is 2.39. The van der Waals surface area contributed by atoms with Gasteiger partial charge in [-0.2, -0.15) is 0 Å². The first-order valence-electron chi connectivity index (χ1n) is 4.93. The van der Waals surface area contributed by atoms with Crippen LogP contribution < -0.4 is 0 Å². The van der Waals surface area contributed by atoms with E-state index in [2.05, 4.69) is 4.98 Å². The molecule has 6 heteroatoms. The molecule has 2 nitrogen and oxygen atoms in total. The Labute approximate surface area is 124 Å². The fourth-order valence-corrected chi connectivity index (χ4v) is 2.49. The molecule has 0 aliphatic heterocycles. The molecule has 0 aliphatic carbocycles. The lowest BCUT2D eigenvalue weighted by atomic mass is 10.1. The molecule has 0 amide bonds. The number of rotatable bonds is 2. The van der Waals surface area contributed by atoms with E-state index in [1.54, 1.807) is 18.2 Å². The van der Waals surface area contributed by atoms with Gasteiger partial charge in [-0.15, -0.1) is 0 Å². The Balaban J connectivity index is 2.69. The highest BCUT2D eigenvalue weighted by molar-refractivity contribution is 6.45. The number of aliphatic hydroxyl groups excluding tert-OH is 1. The monoisotopic (exact) mass is 321 g/mol. The fraction of sp³-hybridized carbons (Fsp3) is 0.0833. The molecule has 2 aromatic rings. The Morgan fingerprint density at radius 3 is 2.44 bits per heavy atom. The molecule has 1 aromatic carbocycles. The maximum atomic E-state index is 9.17. The number of benzene rings is 1. The van der Waals surface area contributed by atoms with Gasteiger partial charge in [-0.1, -0.05) is 46.4 Å². The van der Waals surface area contributed by atoms with E-state index < -0.39 is 0 Å². The lowest BCUT2D eigenvalue weighted by Gasteiger charge is -2.10. The summed E-state index contributed by atoms with van der Waals surface area (Å²) in [5.41, 5.74) is 1.54. The summed E-state index contributed by atoms with van der Waals surface area (Å²) < 4.78 is 0. The number of aliphatic hydroxyl groups is 1. The quantitative estimate of drug-likeness (QED) is 0.801. The zero-order valence-electron chi connectivity index (χ0n) is 8.92. The van der Waals surface area contributed by atoms with Crippen molar-refractivity contribution in [2.24, 2.45) is 0 Å². The van der Waals surface area contributed by atoms with Gasteiger partial charge in [0.15, 0.2) is 0 Å². The maximum absolute atomic E-state index is 9.17. The summed E-state index contributed by atoms with van der Waals surface area (Å²) in [5.74, 6) is 0. The lowest BCUT2D eigenvalue weighted by molar-refractivity contribution is 0.282. The molecule has 1 N–H and O–H groups in total. The minimum Gasteiger partial charge on any atom is -0.392 e. The molecule has 0 aliphatic rings. The van der Waals surface area contributed by atoms with Crippen molar-refractivity contribution in [2.75, 3.05) is 0 Å². The van der Waals surface area contributed by atoms with Crippen molar-refractivity contribution in [1.29, 1.82) is 0 Å². The van der Waals surface area contributed by atoms with Gasteiger partial charge >= 0.3 is 0 Å². The molecule has 0 unspecified atom stereocenters. The van der Waals surface area contributed by atoms with Crippen molar-refractivity contribution in [3.63, 3.8) is 0 Å². The highest BCUT2D eigenvalue weighted by Crippen LogP contribution is 2.39. The second-order valence-electron chi connectivity index (χ2n) is 3.54. The van der Waals surface area contributed by atoms with Crippen LogP contribution in [0.1, 0.15) is 5.56 Å². The summed E-state index contributed by atoms with van der Waals surface area (Å²) in [6.07, 6.45) is 1.54. The number of aromatic nitrogens is 1. The molecule has 0 fully saturated rings. The van der Waals surface area contributed by atoms with Crippen molar-refractivity contribution in [2.45, 2.75) is 6.61 Å². The molecule has 1 aromatic heterocycles. The van der Waals surface area contributed by atoms with Crippen LogP contribution in [-0.2, 0) is 6.61 Å². The number of nitrogens with zero attached hydrogens (tertiary/aromatic N) is 1. The van der Waals surface area contributed by atoms with Gasteiger partial charge in [0.1, 0.15) is 0 Å². The van der Waals surface area contributed by atoms with Crippen LogP contribution in [0.2, 0.25) is 20.1 Å². The Bertz CT molecular complexity index is 601. The van der Waals surface area contributed by atoms with E-state index in [0.717, 1.165) is 0 Å². The zero-order chi connectivity index (χ0) is 13.3. The molecular formula is C12H7Cl4NO. The number of hydrogen-bond acceptors (Lipinski definition) is 2. The van der Waals surface area contributed by atoms with Gasteiger partial charge in [0.2, 0.25) is 0 Å². The molecule has 0 saturated carbocycles. The van der Waals surface area contributed by atoms with Crippen molar-refractivity contribution in [1.82, 2.24) is 4.98 Å². The number of pyridine rings is 1. The van der Waals surface area contributed by atoms with Crippen LogP contribution in [0.15, 0.2) is 24.4 Å². The van der Waals surface area contributed by atoms with Crippen molar-refractivity contribution in [3.8, 4) is 11.3 Å². The van der Waals surface area contributed by atoms with Crippen LogP contribution in [-0.4, -0.2) is 10.1 Å². The van der Waals surface area contributed by atoms with Gasteiger partial charge in [0, 0.05) is 16.8 Å². The zero-order valence-corrected chi connectivity index (χ0v) is 11.9. The SMILES string of the molecule is OCc1ccnc(-c2cc(Cl)cc(Cl)c2Cl)c1Cl. The summed E-state index contributed by atoms with van der Waals surface area (Å²) in [7, 11) is 0. The minimum atomic E-state index is -0.180. The fourth-order valence-electron chi connectivity index (χ4n) is 1.52. The van der Waals surface area contributed by atoms with E-state index in [1.165, 1.54) is 6.20 Å². The normalized spacial score (nSPS) is 10.7. The minimum absolute atomic E-state index is 0.180. The van der Waals surface area contributed by atoms with Gasteiger partial charge in [-0.05, 0) is 23.8 Å². The molecule has 2 rings (SSSR count). The van der Waals surface area contributed by atoms with Crippen LogP contribution in [0.25, 0.3) is 11.3 Å². The summed E-state index contributed by atoms with van der Waals surface area (Å²) in [5, 5.41) is 10.6. The standard InChI is InChI=1S/C12H7Cl4NO/c13-7-3-8(11(16)9(14)4-7)12-10(15)6(5-18)1-2-17-12/h1-4,18H,5H2. The Morgan fingerprint density at radius 1 is 1.06 bits per heavy atom. The van der Waals surface area contributed by atoms with Gasteiger partial charge in [-0.3, -0.25) is 4.98 Å². The van der Waals surface area contributed by atoms with E-state index in [1.807, 2.05) is 0 Å². The smallest absolute Gasteiger partial charge is 0.0907 e. The van der Waals surface area contributed by atoms with Crippen LogP contribution in [0.4, 0.5) is 0 Å². The molecule has 0 spiro atoms. The van der Waals surface area contributed by atoms with E-state index >= 15 is 0 Å². The largest absolute Gasteiger partial charge is 0.392 e. The summed E-state index contributed by atoms with van der Waals surface area (Å²) >= 11 is 24.2. The van der Waals surface area contributed by atoms with Gasteiger partial charge in [0.05, 0.1) is 27.4 Å². The first-order chi connectivity index (χ1) is 8.54. The van der Waals surface area contributed by atoms with Crippen LogP contribution >= 0.6 is 46.4 Å². The highest BCUT2D eigenvalue weighted by atomic mass is 35.5. The third-order valence-corrected chi connectivity index (χ3v) is 3.83. The maximum Gasteiger partial charge on any atom is 0.0907 e. The van der Waals surface area contributed by atoms with Gasteiger partial charge in [0.25, 0.3) is 0 Å². The van der Waals surface area contributed by atoms with E-state index in [-0.39, 0.29) is 6.61 Å². The van der Waals surface area contributed by atoms with E-state index in [4.69, 9.17) is 46.4 Å². The van der Waals surface area contributed by atoms with Crippen molar-refractivity contribution < 1.29 is 5.11 Å². The molecular weight excluding hydrogens is 316 g/mol. The first-order valence-corrected chi connectivity index (χ1v) is 6.45. The number of halogens is 4. The predicted molar refractivity (Wildman–Crippen MR) is 75.6 cm³/mol. The molecule has 0 radical (unpaired) electrons. The molecule has 0 bridgehead atoms. The average Bonchev–Trinajstić information content (AvgIpc) is 2.34. The van der Waals surface area contributed by atoms with Crippen molar-refractivity contribution in [3.05, 3.63) is 50.0 Å². The Hall–Kier alpha value is -0.510. The Morgan fingerprint density at radius 2 is 1.78 bits per heavy atom.